The Morgan fingerprint density at radius 1 is 0.390 bits per heavy atom. The molecule has 0 bridgehead atoms. The van der Waals surface area contributed by atoms with Crippen molar-refractivity contribution in [3.8, 4) is 0 Å². The number of rotatable bonds is 24. The van der Waals surface area contributed by atoms with Gasteiger partial charge in [0.15, 0.2) is 23.1 Å². The van der Waals surface area contributed by atoms with Crippen LogP contribution >= 0.6 is 0 Å². The van der Waals surface area contributed by atoms with E-state index in [1.165, 1.54) is 18.2 Å². The van der Waals surface area contributed by atoms with Crippen LogP contribution in [0.3, 0.4) is 0 Å². The van der Waals surface area contributed by atoms with E-state index >= 15 is 0 Å². The molecule has 452 valence electrons. The first kappa shape index (κ1) is 94.4. The van der Waals surface area contributed by atoms with Crippen LogP contribution in [0.1, 0.15) is 260 Å². The third kappa shape index (κ3) is 85.2. The number of carbonyl (C=O) groups excluding carboxylic acids is 10. The van der Waals surface area contributed by atoms with Crippen molar-refractivity contribution < 1.29 is 47.9 Å². The Morgan fingerprint density at radius 2 is 0.714 bits per heavy atom. The van der Waals surface area contributed by atoms with Crippen molar-refractivity contribution in [3.05, 3.63) is 60.3 Å². The molecule has 12 nitrogen and oxygen atoms in total. The molecule has 12 heteroatoms. The van der Waals surface area contributed by atoms with Crippen molar-refractivity contribution in [1.29, 1.82) is 0 Å². The van der Waals surface area contributed by atoms with Gasteiger partial charge in [0.1, 0.15) is 11.6 Å². The Balaban J connectivity index is -0.0000000898. The molecule has 0 saturated carbocycles. The van der Waals surface area contributed by atoms with Gasteiger partial charge in [0.25, 0.3) is 0 Å². The smallest absolute Gasteiger partial charge is 0.221 e. The fraction of sp³-hybridized carbons (Fsp3) is 0.692. The third-order valence-electron chi connectivity index (χ3n) is 8.58. The van der Waals surface area contributed by atoms with Crippen LogP contribution in [0.15, 0.2) is 60.3 Å². The minimum Gasteiger partial charge on any atom is -0.356 e. The lowest BCUT2D eigenvalue weighted by atomic mass is 9.88. The number of allylic oxidation sites excluding steroid dienone is 9. The zero-order chi connectivity index (χ0) is 57.7. The molecule has 0 heterocycles. The second-order valence-corrected chi connectivity index (χ2v) is 24.6. The van der Waals surface area contributed by atoms with Crippen LogP contribution in [0.5, 0.6) is 0 Å². The molecule has 0 atom stereocenters. The Bertz CT molecular complexity index is 1850. The number of hydrogen-bond acceptors (Lipinski definition) is 10. The van der Waals surface area contributed by atoms with Gasteiger partial charge in [0, 0.05) is 83.7 Å². The average Bonchev–Trinajstić information content (AvgIpc) is 3.18. The van der Waals surface area contributed by atoms with Crippen molar-refractivity contribution in [1.82, 2.24) is 10.6 Å². The van der Waals surface area contributed by atoms with Crippen molar-refractivity contribution in [2.75, 3.05) is 13.1 Å². The molecule has 2 N–H and O–H groups in total. The molecule has 0 fully saturated rings. The summed E-state index contributed by atoms with van der Waals surface area (Å²) in [4.78, 5) is 112. The third-order valence-corrected chi connectivity index (χ3v) is 8.58. The van der Waals surface area contributed by atoms with Gasteiger partial charge in [0.2, 0.25) is 23.4 Å². The number of carbonyl (C=O) groups is 10. The van der Waals surface area contributed by atoms with Gasteiger partial charge >= 0.3 is 0 Å². The van der Waals surface area contributed by atoms with Gasteiger partial charge in [-0.15, -0.1) is 0 Å². The number of amides is 2. The second-order valence-electron chi connectivity index (χ2n) is 24.6. The minimum atomic E-state index is -0.380. The zero-order valence-electron chi connectivity index (χ0n) is 49.2. The summed E-state index contributed by atoms with van der Waals surface area (Å²) in [6, 6.07) is 0. The molecule has 0 spiro atoms. The first-order chi connectivity index (χ1) is 32.5. The van der Waals surface area contributed by atoms with E-state index in [-0.39, 0.29) is 142 Å². The van der Waals surface area contributed by atoms with Gasteiger partial charge < -0.3 is 10.6 Å². The molecule has 0 aliphatic heterocycles. The maximum Gasteiger partial charge on any atom is 0.221 e. The zero-order valence-corrected chi connectivity index (χ0v) is 49.2. The Labute approximate surface area is 474 Å². The van der Waals surface area contributed by atoms with Gasteiger partial charge in [-0.3, -0.25) is 47.9 Å². The van der Waals surface area contributed by atoms with Gasteiger partial charge in [0.05, 0.1) is 0 Å². The maximum atomic E-state index is 11.5. The van der Waals surface area contributed by atoms with E-state index in [4.69, 9.17) is 0 Å². The van der Waals surface area contributed by atoms with Gasteiger partial charge in [-0.05, 0) is 105 Å². The van der Waals surface area contributed by atoms with Crippen molar-refractivity contribution in [2.45, 2.75) is 260 Å². The molecule has 0 rings (SSSR count). The van der Waals surface area contributed by atoms with E-state index in [1.54, 1.807) is 31.2 Å². The molecule has 77 heavy (non-hydrogen) atoms. The number of Topliss-reactive ketones (excluding diaryl/α,β-unsaturated/α-hetero) is 3. The Morgan fingerprint density at radius 3 is 1.03 bits per heavy atom. The van der Waals surface area contributed by atoms with Crippen LogP contribution in [-0.4, -0.2) is 71.2 Å². The monoisotopic (exact) mass is 1090 g/mol. The molecule has 2 amide bonds. The van der Waals surface area contributed by atoms with Crippen LogP contribution in [0.2, 0.25) is 0 Å². The molecule has 0 aromatic carbocycles. The van der Waals surface area contributed by atoms with Crippen LogP contribution in [-0.2, 0) is 47.9 Å². The fourth-order valence-electron chi connectivity index (χ4n) is 5.41. The van der Waals surface area contributed by atoms with Crippen LogP contribution in [0.4, 0.5) is 0 Å². The van der Waals surface area contributed by atoms with Crippen LogP contribution in [0, 0.1) is 27.1 Å². The van der Waals surface area contributed by atoms with E-state index in [9.17, 15) is 47.9 Å². The minimum absolute atomic E-state index is 0. The fourth-order valence-corrected chi connectivity index (χ4v) is 5.41. The standard InChI is InChI=1S/C13H23NO2.C13H22O2.C12H20O2.C11H19NO2.C11H18O2.5CH4/c1-10(2)8-11(15)6-7-12(16)14-9-13(3,4)5;1-5-7-11(14)8-6-9-12(15)10-13(2,3)4;1-5-6-10(13)7-8-11(14)9-12(2,3)4;1-5-9(13)6-7-10(14)12-8-11(2,3)4;1-8(2)6-9(12)10(13)7-11(3,4)5;;;;;/h8H,6-7,9H2,1-5H3,(H,14,16);5,7H,6,8-10H2,1-4H3;5-6H,7-9H2,1-4H3;5H,1,6-8H2,2-4H3,(H,12,14);6H,7H2,1-5H3;5*1H4/b;7-5+;6-5+;;;;;;;. The molecule has 0 radical (unpaired) electrons. The lowest BCUT2D eigenvalue weighted by Crippen LogP contribution is -2.32. The summed E-state index contributed by atoms with van der Waals surface area (Å²) in [5.41, 5.74) is 1.98. The van der Waals surface area contributed by atoms with E-state index < -0.39 is 0 Å². The molecular formula is C65H122N2O10. The van der Waals surface area contributed by atoms with Crippen molar-refractivity contribution in [2.24, 2.45) is 27.1 Å². The summed E-state index contributed by atoms with van der Waals surface area (Å²) in [5, 5.41) is 5.60. The number of nitrogens with one attached hydrogen (secondary N) is 2. The van der Waals surface area contributed by atoms with Crippen molar-refractivity contribution >= 4 is 58.1 Å². The molecular weight excluding hydrogens is 969 g/mol. The highest BCUT2D eigenvalue weighted by Crippen LogP contribution is 2.22. The summed E-state index contributed by atoms with van der Waals surface area (Å²) in [6.07, 6.45) is 15.7. The van der Waals surface area contributed by atoms with E-state index in [2.05, 4.69) is 58.8 Å². The predicted molar refractivity (Wildman–Crippen MR) is 331 cm³/mol. The molecule has 0 aliphatic rings. The second kappa shape index (κ2) is 49.3. The SMILES string of the molecule is C.C.C.C.C.C/C=C/C(=O)CCC(=O)CC(C)(C)C.C/C=C/C(=O)CCCC(=O)CC(C)(C)C.C=CC(=O)CCC(=O)NCC(C)(C)C.CC(C)=CC(=O)C(=O)CC(C)(C)C.CC(C)=CC(=O)CCC(=O)NCC(C)(C)C. The van der Waals surface area contributed by atoms with Gasteiger partial charge in [-0.2, -0.15) is 0 Å². The highest BCUT2D eigenvalue weighted by Gasteiger charge is 2.21. The quantitative estimate of drug-likeness (QED) is 0.0693. The Kier molecular flexibility index (Phi) is 60.5. The van der Waals surface area contributed by atoms with Crippen LogP contribution < -0.4 is 10.6 Å². The lowest BCUT2D eigenvalue weighted by Gasteiger charge is -2.18. The summed E-state index contributed by atoms with van der Waals surface area (Å²) < 4.78 is 0. The van der Waals surface area contributed by atoms with Gasteiger partial charge in [-0.1, -0.05) is 171 Å². The molecule has 0 unspecified atom stereocenters. The maximum absolute atomic E-state index is 11.5. The molecule has 0 aromatic heterocycles. The lowest BCUT2D eigenvalue weighted by molar-refractivity contribution is -0.135. The average molecular weight is 1090 g/mol. The first-order valence-corrected chi connectivity index (χ1v) is 25.4. The van der Waals surface area contributed by atoms with E-state index in [0.29, 0.717) is 70.9 Å². The summed E-state index contributed by atoms with van der Waals surface area (Å²) in [7, 11) is 0. The largest absolute Gasteiger partial charge is 0.356 e. The van der Waals surface area contributed by atoms with Crippen LogP contribution in [0.25, 0.3) is 0 Å². The van der Waals surface area contributed by atoms with E-state index in [0.717, 1.165) is 11.1 Å². The Hall–Kier alpha value is -5.00. The number of ketones is 8. The highest BCUT2D eigenvalue weighted by atomic mass is 16.2. The van der Waals surface area contributed by atoms with E-state index in [1.807, 2.05) is 96.9 Å². The molecule has 0 aliphatic carbocycles. The highest BCUT2D eigenvalue weighted by molar-refractivity contribution is 6.41. The number of hydrogen-bond donors (Lipinski definition) is 2. The first-order valence-electron chi connectivity index (χ1n) is 25.4. The summed E-state index contributed by atoms with van der Waals surface area (Å²) in [5.74, 6) is -0.284. The molecule has 0 aromatic rings. The topological polar surface area (TPSA) is 195 Å². The summed E-state index contributed by atoms with van der Waals surface area (Å²) >= 11 is 0. The normalized spacial score (nSPS) is 10.6. The van der Waals surface area contributed by atoms with Crippen molar-refractivity contribution in [3.63, 3.8) is 0 Å². The predicted octanol–water partition coefficient (Wildman–Crippen LogP) is 16.1. The van der Waals surface area contributed by atoms with Gasteiger partial charge in [-0.25, -0.2) is 0 Å². The molecule has 0 saturated heterocycles. The summed E-state index contributed by atoms with van der Waals surface area (Å²) in [6.45, 7) is 46.0.